The molecule has 0 spiro atoms. The van der Waals surface area contributed by atoms with E-state index in [1.807, 2.05) is 31.2 Å². The highest BCUT2D eigenvalue weighted by atomic mass is 79.9. The zero-order chi connectivity index (χ0) is 23.6. The Labute approximate surface area is 205 Å². The Bertz CT molecular complexity index is 1090. The molecule has 1 atom stereocenters. The van der Waals surface area contributed by atoms with Crippen LogP contribution in [-0.4, -0.2) is 26.9 Å². The number of rotatable bonds is 5. The lowest BCUT2D eigenvalue weighted by molar-refractivity contribution is 0.0952. The van der Waals surface area contributed by atoms with Gasteiger partial charge in [0.2, 0.25) is 0 Å². The van der Waals surface area contributed by atoms with Crippen molar-refractivity contribution in [1.82, 2.24) is 5.32 Å². The van der Waals surface area contributed by atoms with E-state index in [9.17, 15) is 4.79 Å². The topological polar surface area (TPSA) is 47.6 Å². The van der Waals surface area contributed by atoms with Crippen LogP contribution in [0, 0.1) is 0 Å². The van der Waals surface area contributed by atoms with Crippen LogP contribution in [0.2, 0.25) is 5.04 Å². The Hall–Kier alpha value is -2.41. The summed E-state index contributed by atoms with van der Waals surface area (Å²) in [5.74, 6) is 0.467. The molecule has 0 saturated carbocycles. The third kappa shape index (κ3) is 4.65. The van der Waals surface area contributed by atoms with Crippen molar-refractivity contribution in [1.29, 1.82) is 0 Å². The first-order valence-corrected chi connectivity index (χ1v) is 13.9. The smallest absolute Gasteiger partial charge is 0.261 e. The van der Waals surface area contributed by atoms with Crippen LogP contribution in [0.5, 0.6) is 5.75 Å². The third-order valence-corrected chi connectivity index (χ3v) is 11.7. The molecule has 0 fully saturated rings. The normalized spacial score (nSPS) is 16.4. The highest BCUT2D eigenvalue weighted by molar-refractivity contribution is 9.10. The summed E-state index contributed by atoms with van der Waals surface area (Å²) in [7, 11) is -2.67. The molecule has 3 aromatic rings. The van der Waals surface area contributed by atoms with Crippen LogP contribution in [-0.2, 0) is 11.0 Å². The number of nitrogens with one attached hydrogen (secondary N) is 1. The monoisotopic (exact) mass is 523 g/mol. The van der Waals surface area contributed by atoms with Crippen molar-refractivity contribution in [3.05, 3.63) is 88.4 Å². The van der Waals surface area contributed by atoms with Gasteiger partial charge in [-0.25, -0.2) is 0 Å². The summed E-state index contributed by atoms with van der Waals surface area (Å²) in [4.78, 5) is 12.7. The first-order chi connectivity index (χ1) is 15.7. The van der Waals surface area contributed by atoms with Crippen molar-refractivity contribution in [2.45, 2.75) is 45.4 Å². The van der Waals surface area contributed by atoms with Crippen molar-refractivity contribution in [3.8, 4) is 5.75 Å². The van der Waals surface area contributed by atoms with E-state index in [1.165, 1.54) is 10.4 Å². The van der Waals surface area contributed by atoms with Gasteiger partial charge in [0.25, 0.3) is 14.2 Å². The maximum atomic E-state index is 12.7. The van der Waals surface area contributed by atoms with Crippen LogP contribution < -0.4 is 20.4 Å². The molecule has 0 unspecified atom stereocenters. The molecule has 1 amide bonds. The molecule has 4 nitrogen and oxygen atoms in total. The lowest BCUT2D eigenvalue weighted by Gasteiger charge is -2.43. The molecule has 1 N–H and O–H groups in total. The van der Waals surface area contributed by atoms with Gasteiger partial charge in [-0.15, -0.1) is 0 Å². The van der Waals surface area contributed by atoms with E-state index in [1.54, 1.807) is 0 Å². The lowest BCUT2D eigenvalue weighted by atomic mass is 10.1. The molecule has 6 heteroatoms. The van der Waals surface area contributed by atoms with Gasteiger partial charge < -0.3 is 14.5 Å². The van der Waals surface area contributed by atoms with Gasteiger partial charge in [-0.1, -0.05) is 81.4 Å². The molecule has 0 radical (unpaired) electrons. The molecular weight excluding hydrogens is 494 g/mol. The molecule has 0 saturated heterocycles. The van der Waals surface area contributed by atoms with Gasteiger partial charge in [0.15, 0.2) is 0 Å². The minimum absolute atomic E-state index is 0.0919. The second kappa shape index (κ2) is 9.45. The van der Waals surface area contributed by atoms with Crippen LogP contribution in [0.3, 0.4) is 0 Å². The quantitative estimate of drug-likeness (QED) is 0.476. The fraction of sp³-hybridized carbons (Fsp3) is 0.296. The van der Waals surface area contributed by atoms with E-state index in [4.69, 9.17) is 9.16 Å². The maximum Gasteiger partial charge on any atom is 0.261 e. The third-order valence-electron chi connectivity index (χ3n) is 6.09. The predicted octanol–water partition coefficient (Wildman–Crippen LogP) is 5.04. The molecule has 3 aromatic carbocycles. The zero-order valence-electron chi connectivity index (χ0n) is 19.5. The van der Waals surface area contributed by atoms with Gasteiger partial charge in [-0.2, -0.15) is 0 Å². The van der Waals surface area contributed by atoms with Crippen molar-refractivity contribution >= 4 is 40.5 Å². The van der Waals surface area contributed by atoms with Crippen molar-refractivity contribution in [2.75, 3.05) is 6.54 Å². The molecule has 0 bridgehead atoms. The number of benzene rings is 3. The van der Waals surface area contributed by atoms with E-state index in [0.717, 1.165) is 10.0 Å². The zero-order valence-corrected chi connectivity index (χ0v) is 22.1. The fourth-order valence-electron chi connectivity index (χ4n) is 4.55. The van der Waals surface area contributed by atoms with Gasteiger partial charge >= 0.3 is 0 Å². The molecule has 172 valence electrons. The Morgan fingerprint density at radius 3 is 2.15 bits per heavy atom. The number of hydrogen-bond donors (Lipinski definition) is 1. The van der Waals surface area contributed by atoms with Crippen LogP contribution in [0.1, 0.15) is 43.6 Å². The van der Waals surface area contributed by atoms with Crippen LogP contribution in [0.4, 0.5) is 0 Å². The summed E-state index contributed by atoms with van der Waals surface area (Å²) in [5.41, 5.74) is 1.47. The highest BCUT2D eigenvalue weighted by Gasteiger charge is 2.50. The minimum atomic E-state index is -2.67. The first-order valence-electron chi connectivity index (χ1n) is 11.2. The summed E-state index contributed by atoms with van der Waals surface area (Å²) in [6.07, 6.45) is -0.0919. The van der Waals surface area contributed by atoms with E-state index in [-0.39, 0.29) is 17.0 Å². The van der Waals surface area contributed by atoms with E-state index in [2.05, 4.69) is 90.5 Å². The minimum Gasteiger partial charge on any atom is -0.487 e. The second-order valence-corrected chi connectivity index (χ2v) is 14.7. The molecule has 1 aliphatic rings. The SMILES string of the molecule is C[C@@H]1CNC(=O)c2cc(CO[Si](c3ccccc3)(c3ccccc3)C(C)(C)C)cc(Br)c2O1. The number of halogens is 1. The van der Waals surface area contributed by atoms with Gasteiger partial charge in [-0.05, 0) is 56.0 Å². The van der Waals surface area contributed by atoms with Crippen molar-refractivity contribution in [2.24, 2.45) is 0 Å². The van der Waals surface area contributed by atoms with Crippen LogP contribution >= 0.6 is 15.9 Å². The summed E-state index contributed by atoms with van der Waals surface area (Å²) in [5, 5.41) is 5.28. The molecule has 33 heavy (non-hydrogen) atoms. The number of ether oxygens (including phenoxy) is 1. The molecular formula is C27H30BrNO3Si. The molecule has 1 aliphatic heterocycles. The van der Waals surface area contributed by atoms with Crippen LogP contribution in [0.15, 0.2) is 77.3 Å². The Balaban J connectivity index is 1.78. The predicted molar refractivity (Wildman–Crippen MR) is 139 cm³/mol. The van der Waals surface area contributed by atoms with Gasteiger partial charge in [-0.3, -0.25) is 4.79 Å². The molecule has 1 heterocycles. The number of carbonyl (C=O) groups is 1. The Morgan fingerprint density at radius 2 is 1.61 bits per heavy atom. The van der Waals surface area contributed by atoms with E-state index >= 15 is 0 Å². The average Bonchev–Trinajstić information content (AvgIpc) is 2.94. The van der Waals surface area contributed by atoms with Gasteiger partial charge in [0, 0.05) is 0 Å². The number of fused-ring (bicyclic) bond motifs is 1. The molecule has 4 rings (SSSR count). The highest BCUT2D eigenvalue weighted by Crippen LogP contribution is 2.38. The Morgan fingerprint density at radius 1 is 1.03 bits per heavy atom. The first kappa shape index (κ1) is 23.7. The van der Waals surface area contributed by atoms with Crippen LogP contribution in [0.25, 0.3) is 0 Å². The molecule has 0 aliphatic carbocycles. The number of amides is 1. The van der Waals surface area contributed by atoms with E-state index in [0.29, 0.717) is 24.5 Å². The lowest BCUT2D eigenvalue weighted by Crippen LogP contribution is -2.66. The largest absolute Gasteiger partial charge is 0.487 e. The molecule has 0 aromatic heterocycles. The van der Waals surface area contributed by atoms with Gasteiger partial charge in [0.1, 0.15) is 11.9 Å². The van der Waals surface area contributed by atoms with Crippen molar-refractivity contribution < 1.29 is 14.0 Å². The van der Waals surface area contributed by atoms with E-state index < -0.39 is 8.32 Å². The number of hydrogen-bond acceptors (Lipinski definition) is 3. The summed E-state index contributed by atoms with van der Waals surface area (Å²) in [6.45, 7) is 9.59. The number of carbonyl (C=O) groups excluding carboxylic acids is 1. The van der Waals surface area contributed by atoms with Crippen molar-refractivity contribution in [3.63, 3.8) is 0 Å². The summed E-state index contributed by atoms with van der Waals surface area (Å²) >= 11 is 3.62. The Kier molecular flexibility index (Phi) is 6.80. The maximum absolute atomic E-state index is 12.7. The fourth-order valence-corrected chi connectivity index (χ4v) is 9.69. The van der Waals surface area contributed by atoms with Gasteiger partial charge in [0.05, 0.1) is 23.2 Å². The standard InChI is InChI=1S/C27H30BrNO3Si/c1-19-17-29-26(30)23-15-20(16-24(28)25(23)32-19)18-31-33(27(2,3)4,21-11-7-5-8-12-21)22-13-9-6-10-14-22/h5-16,19H,17-18H2,1-4H3,(H,29,30)/t19-/m1/s1. The summed E-state index contributed by atoms with van der Waals surface area (Å²) in [6, 6.07) is 25.0. The second-order valence-electron chi connectivity index (χ2n) is 9.54. The summed E-state index contributed by atoms with van der Waals surface area (Å²) < 4.78 is 13.8. The average molecular weight is 525 g/mol.